The zero-order valence-corrected chi connectivity index (χ0v) is 5.60. The highest BCUT2D eigenvalue weighted by molar-refractivity contribution is 5.53. The number of ether oxygens (including phenoxy) is 1. The van der Waals surface area contributed by atoms with Crippen molar-refractivity contribution >= 4 is 6.34 Å². The second kappa shape index (κ2) is 3.94. The molecule has 0 spiro atoms. The summed E-state index contributed by atoms with van der Waals surface area (Å²) >= 11 is 0. The van der Waals surface area contributed by atoms with Gasteiger partial charge in [-0.1, -0.05) is 0 Å². The van der Waals surface area contributed by atoms with E-state index in [4.69, 9.17) is 10.6 Å². The standard InChI is InChI=1S/C5H10N4O/c6-7-4-9-8-3-5-1-2-10-5/h4-5H,1-3,6H2/t5-/m0/s1. The van der Waals surface area contributed by atoms with Gasteiger partial charge in [0.25, 0.3) is 0 Å². The number of nitrogens with two attached hydrogens (primary N) is 1. The van der Waals surface area contributed by atoms with Crippen LogP contribution in [0.3, 0.4) is 0 Å². The molecule has 0 aromatic heterocycles. The molecule has 1 fully saturated rings. The van der Waals surface area contributed by atoms with Gasteiger partial charge in [-0.2, -0.15) is 10.2 Å². The van der Waals surface area contributed by atoms with Crippen molar-refractivity contribution in [3.8, 4) is 0 Å². The van der Waals surface area contributed by atoms with Crippen LogP contribution >= 0.6 is 0 Å². The fourth-order valence-corrected chi connectivity index (χ4v) is 0.633. The lowest BCUT2D eigenvalue weighted by atomic mass is 10.2. The highest BCUT2D eigenvalue weighted by Gasteiger charge is 2.16. The summed E-state index contributed by atoms with van der Waals surface area (Å²) in [6.07, 6.45) is 2.56. The highest BCUT2D eigenvalue weighted by Crippen LogP contribution is 2.10. The molecule has 0 aromatic carbocycles. The van der Waals surface area contributed by atoms with Crippen LogP contribution in [0, 0.1) is 0 Å². The van der Waals surface area contributed by atoms with E-state index in [1.807, 2.05) is 0 Å². The van der Waals surface area contributed by atoms with Gasteiger partial charge in [0.2, 0.25) is 0 Å². The summed E-state index contributed by atoms with van der Waals surface area (Å²) in [5.74, 6) is 4.78. The van der Waals surface area contributed by atoms with Crippen molar-refractivity contribution in [3.05, 3.63) is 0 Å². The summed E-state index contributed by atoms with van der Waals surface area (Å²) in [7, 11) is 0. The Morgan fingerprint density at radius 3 is 3.00 bits per heavy atom. The number of azo groups is 1. The third-order valence-corrected chi connectivity index (χ3v) is 1.28. The topological polar surface area (TPSA) is 72.3 Å². The zero-order valence-electron chi connectivity index (χ0n) is 5.60. The van der Waals surface area contributed by atoms with Crippen molar-refractivity contribution in [2.24, 2.45) is 21.2 Å². The van der Waals surface area contributed by atoms with Gasteiger partial charge < -0.3 is 10.6 Å². The summed E-state index contributed by atoms with van der Waals surface area (Å²) < 4.78 is 5.08. The van der Waals surface area contributed by atoms with Gasteiger partial charge in [0.15, 0.2) is 6.34 Å². The molecule has 0 radical (unpaired) electrons. The first kappa shape index (κ1) is 7.14. The monoisotopic (exact) mass is 142 g/mol. The maximum atomic E-state index is 5.08. The van der Waals surface area contributed by atoms with Crippen LogP contribution in [0.1, 0.15) is 6.42 Å². The number of rotatable bonds is 3. The van der Waals surface area contributed by atoms with Crippen LogP contribution < -0.4 is 5.84 Å². The van der Waals surface area contributed by atoms with Crippen LogP contribution in [-0.2, 0) is 4.74 Å². The van der Waals surface area contributed by atoms with E-state index < -0.39 is 0 Å². The van der Waals surface area contributed by atoms with Crippen LogP contribution in [0.4, 0.5) is 0 Å². The first-order chi connectivity index (χ1) is 4.93. The Labute approximate surface area is 59.0 Å². The van der Waals surface area contributed by atoms with E-state index in [9.17, 15) is 0 Å². The Bertz CT molecular complexity index is 141. The van der Waals surface area contributed by atoms with Crippen LogP contribution in [0.15, 0.2) is 15.3 Å². The van der Waals surface area contributed by atoms with E-state index in [2.05, 4.69) is 15.3 Å². The summed E-state index contributed by atoms with van der Waals surface area (Å²) in [6.45, 7) is 1.47. The van der Waals surface area contributed by atoms with E-state index in [0.717, 1.165) is 13.0 Å². The van der Waals surface area contributed by atoms with Crippen molar-refractivity contribution in [3.63, 3.8) is 0 Å². The van der Waals surface area contributed by atoms with Gasteiger partial charge >= 0.3 is 0 Å². The Morgan fingerprint density at radius 1 is 1.70 bits per heavy atom. The van der Waals surface area contributed by atoms with Gasteiger partial charge in [-0.25, -0.2) is 0 Å². The van der Waals surface area contributed by atoms with Gasteiger partial charge in [-0.15, -0.1) is 5.11 Å². The third-order valence-electron chi connectivity index (χ3n) is 1.28. The van der Waals surface area contributed by atoms with Crippen LogP contribution in [0.5, 0.6) is 0 Å². The van der Waals surface area contributed by atoms with Crippen molar-refractivity contribution in [1.82, 2.24) is 0 Å². The molecule has 0 aliphatic carbocycles. The largest absolute Gasteiger partial charge is 0.376 e. The molecule has 0 saturated carbocycles. The van der Waals surface area contributed by atoms with Crippen LogP contribution in [0.25, 0.3) is 0 Å². The van der Waals surface area contributed by atoms with Crippen LogP contribution in [0.2, 0.25) is 0 Å². The number of nitrogens with zero attached hydrogens (tertiary/aromatic N) is 3. The maximum absolute atomic E-state index is 5.08. The molecule has 5 nitrogen and oxygen atoms in total. The fraction of sp³-hybridized carbons (Fsp3) is 0.800. The summed E-state index contributed by atoms with van der Waals surface area (Å²) in [6, 6.07) is 0. The lowest BCUT2D eigenvalue weighted by Gasteiger charge is -2.23. The molecule has 0 amide bonds. The second-order valence-corrected chi connectivity index (χ2v) is 1.99. The van der Waals surface area contributed by atoms with Crippen molar-refractivity contribution in [2.45, 2.75) is 12.5 Å². The van der Waals surface area contributed by atoms with Crippen molar-refractivity contribution < 1.29 is 4.74 Å². The van der Waals surface area contributed by atoms with Gasteiger partial charge in [0.1, 0.15) is 0 Å². The quantitative estimate of drug-likeness (QED) is 0.200. The van der Waals surface area contributed by atoms with Gasteiger partial charge in [0.05, 0.1) is 12.6 Å². The number of hydrogen-bond acceptors (Lipinski definition) is 4. The Morgan fingerprint density at radius 2 is 2.50 bits per heavy atom. The molecule has 0 unspecified atom stereocenters. The molecule has 1 rings (SSSR count). The second-order valence-electron chi connectivity index (χ2n) is 1.99. The predicted octanol–water partition coefficient (Wildman–Crippen LogP) is 0.129. The predicted molar refractivity (Wildman–Crippen MR) is 36.8 cm³/mol. The average molecular weight is 142 g/mol. The minimum Gasteiger partial charge on any atom is -0.376 e. The van der Waals surface area contributed by atoms with Crippen LogP contribution in [-0.4, -0.2) is 25.6 Å². The molecule has 0 bridgehead atoms. The first-order valence-corrected chi connectivity index (χ1v) is 3.13. The van der Waals surface area contributed by atoms with E-state index >= 15 is 0 Å². The van der Waals surface area contributed by atoms with Gasteiger partial charge in [-0.05, 0) is 6.42 Å². The molecule has 0 aromatic rings. The molecular formula is C5H10N4O. The smallest absolute Gasteiger partial charge is 0.157 e. The van der Waals surface area contributed by atoms with Gasteiger partial charge in [-0.3, -0.25) is 0 Å². The maximum Gasteiger partial charge on any atom is 0.157 e. The van der Waals surface area contributed by atoms with E-state index in [0.29, 0.717) is 6.54 Å². The molecule has 1 aliphatic heterocycles. The summed E-state index contributed by atoms with van der Waals surface area (Å²) in [5, 5.41) is 10.4. The molecular weight excluding hydrogens is 132 g/mol. The Kier molecular flexibility index (Phi) is 2.82. The minimum absolute atomic E-state index is 0.273. The fourth-order valence-electron chi connectivity index (χ4n) is 0.633. The summed E-state index contributed by atoms with van der Waals surface area (Å²) in [4.78, 5) is 0. The minimum atomic E-state index is 0.273. The molecule has 5 heteroatoms. The molecule has 56 valence electrons. The molecule has 1 atom stereocenters. The lowest BCUT2D eigenvalue weighted by molar-refractivity contribution is -0.0439. The normalized spacial score (nSPS) is 25.8. The highest BCUT2D eigenvalue weighted by atomic mass is 16.5. The van der Waals surface area contributed by atoms with E-state index in [1.165, 1.54) is 6.34 Å². The van der Waals surface area contributed by atoms with Crippen molar-refractivity contribution in [1.29, 1.82) is 0 Å². The van der Waals surface area contributed by atoms with E-state index in [-0.39, 0.29) is 6.10 Å². The Balaban J connectivity index is 2.02. The number of hydrazone groups is 1. The lowest BCUT2D eigenvalue weighted by Crippen LogP contribution is -2.29. The average Bonchev–Trinajstić information content (AvgIpc) is 1.84. The zero-order chi connectivity index (χ0) is 7.23. The molecule has 1 heterocycles. The van der Waals surface area contributed by atoms with Gasteiger partial charge in [0, 0.05) is 6.61 Å². The molecule has 1 saturated heterocycles. The van der Waals surface area contributed by atoms with E-state index in [1.54, 1.807) is 0 Å². The first-order valence-electron chi connectivity index (χ1n) is 3.13. The third kappa shape index (κ3) is 2.10. The summed E-state index contributed by atoms with van der Waals surface area (Å²) in [5.41, 5.74) is 0. The number of hydrogen-bond donors (Lipinski definition) is 1. The Hall–Kier alpha value is -0.970. The SMILES string of the molecule is NN=CN=NC[C@@H]1CCO1. The molecule has 10 heavy (non-hydrogen) atoms. The molecule has 1 aliphatic rings. The van der Waals surface area contributed by atoms with Crippen molar-refractivity contribution in [2.75, 3.05) is 13.2 Å². The molecule has 2 N–H and O–H groups in total.